The topological polar surface area (TPSA) is 98.9 Å². The number of esters is 1. The second kappa shape index (κ2) is 10.9. The Balaban J connectivity index is 1.57. The highest BCUT2D eigenvalue weighted by molar-refractivity contribution is 5.89. The second-order valence-corrected chi connectivity index (χ2v) is 7.59. The molecule has 156 valence electrons. The van der Waals surface area contributed by atoms with Crippen LogP contribution in [0.1, 0.15) is 76.7 Å². The quantitative estimate of drug-likeness (QED) is 0.369. The van der Waals surface area contributed by atoms with Crippen LogP contribution in [-0.4, -0.2) is 29.2 Å². The minimum Gasteiger partial charge on any atom is -0.508 e. The van der Waals surface area contributed by atoms with Gasteiger partial charge in [0.05, 0.1) is 6.61 Å². The summed E-state index contributed by atoms with van der Waals surface area (Å²) in [6.45, 7) is 2.71. The maximum absolute atomic E-state index is 11.7. The molecule has 1 amide bonds. The average Bonchev–Trinajstić information content (AvgIpc) is 3.44. The molecule has 0 bridgehead atoms. The summed E-state index contributed by atoms with van der Waals surface area (Å²) in [6, 6.07) is 5.50. The number of nitrogens with two attached hydrogens (primary N) is 1. The lowest BCUT2D eigenvalue weighted by molar-refractivity contribution is -0.157. The van der Waals surface area contributed by atoms with Crippen molar-refractivity contribution in [2.45, 2.75) is 83.2 Å². The Morgan fingerprint density at radius 2 is 1.86 bits per heavy atom. The van der Waals surface area contributed by atoms with Crippen LogP contribution >= 0.6 is 0 Å². The van der Waals surface area contributed by atoms with Gasteiger partial charge < -0.3 is 20.3 Å². The lowest BCUT2D eigenvalue weighted by Crippen LogP contribution is -2.35. The number of phenolic OH excluding ortho intramolecular Hbond substituents is 1. The number of aryl methyl sites for hydroxylation is 1. The Morgan fingerprint density at radius 1 is 1.11 bits per heavy atom. The highest BCUT2D eigenvalue weighted by Gasteiger charge is 2.52. The van der Waals surface area contributed by atoms with Gasteiger partial charge in [-0.25, -0.2) is 0 Å². The fourth-order valence-electron chi connectivity index (χ4n) is 3.11. The van der Waals surface area contributed by atoms with Crippen molar-refractivity contribution in [3.05, 3.63) is 23.8 Å². The third kappa shape index (κ3) is 7.06. The molecule has 0 atom stereocenters. The number of carbonyl (C=O) groups excluding carboxylic acids is 2. The van der Waals surface area contributed by atoms with Crippen LogP contribution in [0.5, 0.6) is 11.5 Å². The molecule has 1 aromatic carbocycles. The van der Waals surface area contributed by atoms with E-state index in [0.717, 1.165) is 31.2 Å². The normalized spacial score (nSPS) is 14.5. The van der Waals surface area contributed by atoms with E-state index in [1.165, 1.54) is 19.3 Å². The highest BCUT2D eigenvalue weighted by atomic mass is 16.6. The third-order valence-corrected chi connectivity index (χ3v) is 5.11. The van der Waals surface area contributed by atoms with E-state index in [0.29, 0.717) is 37.4 Å². The number of amides is 1. The van der Waals surface area contributed by atoms with Crippen LogP contribution in [0.3, 0.4) is 0 Å². The minimum atomic E-state index is -1.02. The molecule has 0 aromatic heterocycles. The molecule has 6 heteroatoms. The smallest absolute Gasteiger partial charge is 0.306 e. The van der Waals surface area contributed by atoms with Crippen molar-refractivity contribution in [2.75, 3.05) is 6.61 Å². The van der Waals surface area contributed by atoms with E-state index in [1.54, 1.807) is 6.07 Å². The van der Waals surface area contributed by atoms with E-state index < -0.39 is 11.5 Å². The monoisotopic (exact) mass is 391 g/mol. The van der Waals surface area contributed by atoms with Gasteiger partial charge in [0.2, 0.25) is 0 Å². The van der Waals surface area contributed by atoms with Crippen LogP contribution in [0.15, 0.2) is 18.2 Å². The number of carbonyl (C=O) groups is 2. The van der Waals surface area contributed by atoms with Crippen molar-refractivity contribution in [2.24, 2.45) is 5.73 Å². The Bertz CT molecular complexity index is 654. The van der Waals surface area contributed by atoms with E-state index in [1.807, 2.05) is 12.1 Å². The molecular formula is C22H33NO5. The number of hydrogen-bond acceptors (Lipinski definition) is 5. The maximum atomic E-state index is 11.7. The van der Waals surface area contributed by atoms with E-state index in [9.17, 15) is 14.7 Å². The number of aromatic hydroxyl groups is 1. The number of hydrogen-bond donors (Lipinski definition) is 2. The largest absolute Gasteiger partial charge is 0.508 e. The second-order valence-electron chi connectivity index (χ2n) is 7.59. The standard InChI is InChI=1S/C22H33NO5/c1-2-3-4-6-9-17-11-12-18(16-19(17)24)27-15-8-5-7-10-20(25)28-22(13-14-22)21(23)26/h11-12,16,24H,2-10,13-15H2,1H3,(H2,23,26). The lowest BCUT2D eigenvalue weighted by Gasteiger charge is -2.12. The van der Waals surface area contributed by atoms with Crippen molar-refractivity contribution < 1.29 is 24.2 Å². The summed E-state index contributed by atoms with van der Waals surface area (Å²) in [4.78, 5) is 23.0. The van der Waals surface area contributed by atoms with Crippen LogP contribution in [-0.2, 0) is 20.7 Å². The summed E-state index contributed by atoms with van der Waals surface area (Å²) in [6.07, 6.45) is 9.24. The molecule has 3 N–H and O–H groups in total. The molecule has 0 spiro atoms. The Kier molecular flexibility index (Phi) is 8.61. The summed E-state index contributed by atoms with van der Waals surface area (Å²) >= 11 is 0. The molecule has 1 fully saturated rings. The predicted molar refractivity (Wildman–Crippen MR) is 107 cm³/mol. The van der Waals surface area contributed by atoms with Gasteiger partial charge in [-0.3, -0.25) is 9.59 Å². The van der Waals surface area contributed by atoms with Crippen molar-refractivity contribution in [3.63, 3.8) is 0 Å². The first-order valence-corrected chi connectivity index (χ1v) is 10.4. The average molecular weight is 392 g/mol. The van der Waals surface area contributed by atoms with Gasteiger partial charge >= 0.3 is 5.97 Å². The number of primary amides is 1. The minimum absolute atomic E-state index is 0.280. The van der Waals surface area contributed by atoms with Crippen molar-refractivity contribution in [3.8, 4) is 11.5 Å². The van der Waals surface area contributed by atoms with Crippen molar-refractivity contribution in [1.82, 2.24) is 0 Å². The number of benzene rings is 1. The molecule has 1 aliphatic rings. The van der Waals surface area contributed by atoms with Gasteiger partial charge in [0.25, 0.3) is 5.91 Å². The zero-order chi connectivity index (χ0) is 20.4. The molecule has 1 saturated carbocycles. The number of rotatable bonds is 14. The van der Waals surface area contributed by atoms with Crippen molar-refractivity contribution in [1.29, 1.82) is 0 Å². The lowest BCUT2D eigenvalue weighted by atomic mass is 10.1. The summed E-state index contributed by atoms with van der Waals surface area (Å²) in [5.74, 6) is 0.0349. The molecular weight excluding hydrogens is 358 g/mol. The summed E-state index contributed by atoms with van der Waals surface area (Å²) in [5, 5.41) is 10.1. The first-order valence-electron chi connectivity index (χ1n) is 10.4. The number of unbranched alkanes of at least 4 members (excludes halogenated alkanes) is 5. The molecule has 28 heavy (non-hydrogen) atoms. The van der Waals surface area contributed by atoms with Crippen LogP contribution in [0.2, 0.25) is 0 Å². The fourth-order valence-corrected chi connectivity index (χ4v) is 3.11. The molecule has 0 radical (unpaired) electrons. The van der Waals surface area contributed by atoms with E-state index in [2.05, 4.69) is 6.92 Å². The summed E-state index contributed by atoms with van der Waals surface area (Å²) in [5.41, 5.74) is 5.18. The molecule has 0 unspecified atom stereocenters. The highest BCUT2D eigenvalue weighted by Crippen LogP contribution is 2.39. The van der Waals surface area contributed by atoms with Gasteiger partial charge in [0, 0.05) is 25.3 Å². The van der Waals surface area contributed by atoms with Crippen LogP contribution in [0.25, 0.3) is 0 Å². The summed E-state index contributed by atoms with van der Waals surface area (Å²) < 4.78 is 10.9. The van der Waals surface area contributed by atoms with Gasteiger partial charge in [-0.1, -0.05) is 32.3 Å². The summed E-state index contributed by atoms with van der Waals surface area (Å²) in [7, 11) is 0. The maximum Gasteiger partial charge on any atom is 0.306 e. The van der Waals surface area contributed by atoms with Gasteiger partial charge in [0.1, 0.15) is 11.5 Å². The van der Waals surface area contributed by atoms with Gasteiger partial charge in [-0.05, 0) is 43.7 Å². The zero-order valence-electron chi connectivity index (χ0n) is 16.9. The van der Waals surface area contributed by atoms with E-state index in [4.69, 9.17) is 15.2 Å². The van der Waals surface area contributed by atoms with Crippen molar-refractivity contribution >= 4 is 11.9 Å². The molecule has 0 saturated heterocycles. The first-order chi connectivity index (χ1) is 13.5. The van der Waals surface area contributed by atoms with Gasteiger partial charge in [-0.2, -0.15) is 0 Å². The number of phenols is 1. The fraction of sp³-hybridized carbons (Fsp3) is 0.636. The predicted octanol–water partition coefficient (Wildman–Crippen LogP) is 4.02. The first kappa shape index (κ1) is 22.1. The third-order valence-electron chi connectivity index (χ3n) is 5.11. The molecule has 0 aliphatic heterocycles. The Hall–Kier alpha value is -2.24. The molecule has 1 aliphatic carbocycles. The van der Waals surface area contributed by atoms with Crippen LogP contribution in [0, 0.1) is 0 Å². The molecule has 0 heterocycles. The van der Waals surface area contributed by atoms with E-state index >= 15 is 0 Å². The Labute approximate surface area is 167 Å². The SMILES string of the molecule is CCCCCCc1ccc(OCCCCCC(=O)OC2(C(N)=O)CC2)cc1O. The van der Waals surface area contributed by atoms with Crippen LogP contribution in [0.4, 0.5) is 0 Å². The van der Waals surface area contributed by atoms with Crippen LogP contribution < -0.4 is 10.5 Å². The molecule has 1 aromatic rings. The zero-order valence-corrected chi connectivity index (χ0v) is 16.9. The molecule has 2 rings (SSSR count). The van der Waals surface area contributed by atoms with Gasteiger partial charge in [0.15, 0.2) is 5.60 Å². The Morgan fingerprint density at radius 3 is 2.50 bits per heavy atom. The van der Waals surface area contributed by atoms with Gasteiger partial charge in [-0.15, -0.1) is 0 Å². The number of ether oxygens (including phenoxy) is 2. The van der Waals surface area contributed by atoms with E-state index in [-0.39, 0.29) is 12.4 Å². The molecule has 6 nitrogen and oxygen atoms in total.